The van der Waals surface area contributed by atoms with Crippen LogP contribution in [0.2, 0.25) is 5.02 Å². The molecule has 3 aromatic rings. The molecule has 0 aliphatic heterocycles. The molecule has 0 saturated heterocycles. The number of hydrogen-bond acceptors (Lipinski definition) is 1. The Morgan fingerprint density at radius 2 is 2.00 bits per heavy atom. The van der Waals surface area contributed by atoms with Gasteiger partial charge >= 0.3 is 0 Å². The zero-order valence-corrected chi connectivity index (χ0v) is 12.6. The van der Waals surface area contributed by atoms with Crippen molar-refractivity contribution in [3.63, 3.8) is 0 Å². The summed E-state index contributed by atoms with van der Waals surface area (Å²) >= 11 is 12.1. The Bertz CT molecular complexity index is 762. The van der Waals surface area contributed by atoms with Crippen molar-refractivity contribution in [3.8, 4) is 0 Å². The molecule has 0 spiro atoms. The number of benzene rings is 2. The highest BCUT2D eigenvalue weighted by Crippen LogP contribution is 2.21. The van der Waals surface area contributed by atoms with E-state index in [1.807, 2.05) is 18.2 Å². The predicted octanol–water partition coefficient (Wildman–Crippen LogP) is 4.79. The van der Waals surface area contributed by atoms with E-state index in [0.29, 0.717) is 5.88 Å². The van der Waals surface area contributed by atoms with Gasteiger partial charge in [-0.2, -0.15) is 0 Å². The summed E-state index contributed by atoms with van der Waals surface area (Å²) in [5.74, 6) is 1.28. The number of halogens is 2. The van der Waals surface area contributed by atoms with E-state index >= 15 is 0 Å². The number of alkyl halides is 1. The molecule has 0 aliphatic rings. The monoisotopic (exact) mass is 304 g/mol. The highest BCUT2D eigenvalue weighted by molar-refractivity contribution is 6.30. The fourth-order valence-electron chi connectivity index (χ4n) is 2.39. The fourth-order valence-corrected chi connectivity index (χ4v) is 2.80. The lowest BCUT2D eigenvalue weighted by Gasteiger charge is -2.08. The minimum Gasteiger partial charge on any atom is -0.322 e. The van der Waals surface area contributed by atoms with E-state index in [1.165, 1.54) is 5.56 Å². The van der Waals surface area contributed by atoms with Crippen LogP contribution < -0.4 is 0 Å². The Kier molecular flexibility index (Phi) is 3.68. The zero-order chi connectivity index (χ0) is 14.1. The van der Waals surface area contributed by atoms with Gasteiger partial charge in [0.15, 0.2) is 0 Å². The molecule has 0 aliphatic carbocycles. The van der Waals surface area contributed by atoms with E-state index < -0.39 is 0 Å². The Morgan fingerprint density at radius 3 is 2.75 bits per heavy atom. The van der Waals surface area contributed by atoms with Gasteiger partial charge in [-0.1, -0.05) is 29.8 Å². The number of aromatic nitrogens is 2. The van der Waals surface area contributed by atoms with Crippen LogP contribution in [0.4, 0.5) is 0 Å². The van der Waals surface area contributed by atoms with Gasteiger partial charge in [-0.05, 0) is 42.3 Å². The molecule has 2 nitrogen and oxygen atoms in total. The summed E-state index contributed by atoms with van der Waals surface area (Å²) in [7, 11) is 0. The molecule has 2 aromatic carbocycles. The van der Waals surface area contributed by atoms with Gasteiger partial charge in [-0.3, -0.25) is 0 Å². The van der Waals surface area contributed by atoms with Crippen LogP contribution in [0.25, 0.3) is 11.0 Å². The molecule has 1 heterocycles. The largest absolute Gasteiger partial charge is 0.322 e. The minimum atomic E-state index is 0.397. The molecular formula is C16H14Cl2N2. The summed E-state index contributed by atoms with van der Waals surface area (Å²) in [6.07, 6.45) is 0. The van der Waals surface area contributed by atoms with Gasteiger partial charge in [0.2, 0.25) is 0 Å². The average Bonchev–Trinajstić information content (AvgIpc) is 2.76. The second-order valence-corrected chi connectivity index (χ2v) is 5.57. The van der Waals surface area contributed by atoms with E-state index in [0.717, 1.165) is 34.0 Å². The third-order valence-corrected chi connectivity index (χ3v) is 3.81. The molecule has 0 atom stereocenters. The van der Waals surface area contributed by atoms with Crippen LogP contribution in [0, 0.1) is 6.92 Å². The van der Waals surface area contributed by atoms with Gasteiger partial charge in [0.1, 0.15) is 5.82 Å². The molecule has 102 valence electrons. The highest BCUT2D eigenvalue weighted by Gasteiger charge is 2.10. The third kappa shape index (κ3) is 2.54. The van der Waals surface area contributed by atoms with Crippen LogP contribution in [-0.2, 0) is 12.4 Å². The second-order valence-electron chi connectivity index (χ2n) is 4.87. The summed E-state index contributed by atoms with van der Waals surface area (Å²) in [5.41, 5.74) is 4.43. The maximum absolute atomic E-state index is 6.05. The van der Waals surface area contributed by atoms with E-state index in [-0.39, 0.29) is 0 Å². The number of fused-ring (bicyclic) bond motifs is 1. The van der Waals surface area contributed by atoms with Gasteiger partial charge in [0.25, 0.3) is 0 Å². The molecule has 0 saturated carbocycles. The molecule has 0 radical (unpaired) electrons. The topological polar surface area (TPSA) is 17.8 Å². The van der Waals surface area contributed by atoms with E-state index in [1.54, 1.807) is 0 Å². The van der Waals surface area contributed by atoms with Crippen molar-refractivity contribution < 1.29 is 0 Å². The molecule has 0 fully saturated rings. The van der Waals surface area contributed by atoms with Crippen molar-refractivity contribution >= 4 is 34.2 Å². The first-order valence-electron chi connectivity index (χ1n) is 6.43. The molecule has 4 heteroatoms. The Labute approximate surface area is 128 Å². The van der Waals surface area contributed by atoms with Gasteiger partial charge in [-0.15, -0.1) is 11.6 Å². The maximum atomic E-state index is 6.05. The lowest BCUT2D eigenvalue weighted by atomic mass is 10.2. The van der Waals surface area contributed by atoms with Crippen LogP contribution in [0.5, 0.6) is 0 Å². The van der Waals surface area contributed by atoms with Crippen molar-refractivity contribution in [2.45, 2.75) is 19.3 Å². The molecule has 20 heavy (non-hydrogen) atoms. The van der Waals surface area contributed by atoms with Gasteiger partial charge in [0, 0.05) is 11.6 Å². The summed E-state index contributed by atoms with van der Waals surface area (Å²) < 4.78 is 2.15. The Morgan fingerprint density at radius 1 is 1.15 bits per heavy atom. The van der Waals surface area contributed by atoms with Crippen LogP contribution in [0.3, 0.4) is 0 Å². The number of rotatable bonds is 3. The number of imidazole rings is 1. The van der Waals surface area contributed by atoms with Gasteiger partial charge in [-0.25, -0.2) is 4.98 Å². The molecule has 0 bridgehead atoms. The zero-order valence-electron chi connectivity index (χ0n) is 11.1. The smallest absolute Gasteiger partial charge is 0.125 e. The van der Waals surface area contributed by atoms with Crippen molar-refractivity contribution in [1.29, 1.82) is 0 Å². The molecule has 0 N–H and O–H groups in total. The lowest BCUT2D eigenvalue weighted by molar-refractivity contribution is 0.779. The summed E-state index contributed by atoms with van der Waals surface area (Å²) in [6.45, 7) is 2.79. The van der Waals surface area contributed by atoms with Gasteiger partial charge in [0.05, 0.1) is 16.9 Å². The first-order chi connectivity index (χ1) is 9.67. The van der Waals surface area contributed by atoms with Crippen LogP contribution in [0.15, 0.2) is 42.5 Å². The molecule has 0 unspecified atom stereocenters. The van der Waals surface area contributed by atoms with E-state index in [4.69, 9.17) is 23.2 Å². The molecular weight excluding hydrogens is 291 g/mol. The van der Waals surface area contributed by atoms with Crippen LogP contribution in [-0.4, -0.2) is 9.55 Å². The normalized spacial score (nSPS) is 11.2. The predicted molar refractivity (Wildman–Crippen MR) is 84.6 cm³/mol. The number of nitrogens with zero attached hydrogens (tertiary/aromatic N) is 2. The van der Waals surface area contributed by atoms with E-state index in [2.05, 4.69) is 40.7 Å². The van der Waals surface area contributed by atoms with Crippen LogP contribution >= 0.6 is 23.2 Å². The average molecular weight is 305 g/mol. The molecule has 3 rings (SSSR count). The second kappa shape index (κ2) is 5.47. The standard InChI is InChI=1S/C16H14Cl2N2/c1-11-5-6-15-14(7-11)19-16(9-17)20(15)10-12-3-2-4-13(18)8-12/h2-8H,9-10H2,1H3. The Hall–Kier alpha value is -1.51. The quantitative estimate of drug-likeness (QED) is 0.636. The summed E-state index contributed by atoms with van der Waals surface area (Å²) in [5, 5.41) is 0.746. The highest BCUT2D eigenvalue weighted by atomic mass is 35.5. The fraction of sp³-hybridized carbons (Fsp3) is 0.188. The number of hydrogen-bond donors (Lipinski definition) is 0. The van der Waals surface area contributed by atoms with Crippen molar-refractivity contribution in [2.24, 2.45) is 0 Å². The van der Waals surface area contributed by atoms with E-state index in [9.17, 15) is 0 Å². The van der Waals surface area contributed by atoms with Crippen molar-refractivity contribution in [2.75, 3.05) is 0 Å². The van der Waals surface area contributed by atoms with Crippen molar-refractivity contribution in [3.05, 3.63) is 64.4 Å². The molecule has 1 aromatic heterocycles. The Balaban J connectivity index is 2.10. The van der Waals surface area contributed by atoms with Gasteiger partial charge < -0.3 is 4.57 Å². The summed E-state index contributed by atoms with van der Waals surface area (Å²) in [6, 6.07) is 14.1. The third-order valence-electron chi connectivity index (χ3n) is 3.33. The minimum absolute atomic E-state index is 0.397. The van der Waals surface area contributed by atoms with Crippen molar-refractivity contribution in [1.82, 2.24) is 9.55 Å². The lowest BCUT2D eigenvalue weighted by Crippen LogP contribution is -2.03. The maximum Gasteiger partial charge on any atom is 0.125 e. The number of aryl methyl sites for hydroxylation is 1. The summed E-state index contributed by atoms with van der Waals surface area (Å²) in [4.78, 5) is 4.61. The van der Waals surface area contributed by atoms with Crippen LogP contribution in [0.1, 0.15) is 17.0 Å². The SMILES string of the molecule is Cc1ccc2c(c1)nc(CCl)n2Cc1cccc(Cl)c1. The molecule has 0 amide bonds. The first-order valence-corrected chi connectivity index (χ1v) is 7.35. The first kappa shape index (κ1) is 13.5.